The molecule has 1 aliphatic heterocycles. The van der Waals surface area contributed by atoms with Gasteiger partial charge in [0.15, 0.2) is 0 Å². The molecule has 0 radical (unpaired) electrons. The van der Waals surface area contributed by atoms with Crippen molar-refractivity contribution in [1.29, 1.82) is 0 Å². The minimum atomic E-state index is -0.178. The topological polar surface area (TPSA) is 62.6 Å². The highest BCUT2D eigenvalue weighted by Gasteiger charge is 2.24. The lowest BCUT2D eigenvalue weighted by Crippen LogP contribution is -2.38. The first-order chi connectivity index (χ1) is 8.16. The zero-order chi connectivity index (χ0) is 12.3. The third-order valence-corrected chi connectivity index (χ3v) is 3.42. The van der Waals surface area contributed by atoms with Gasteiger partial charge in [-0.25, -0.2) is 0 Å². The number of nitrogens with one attached hydrogen (secondary N) is 1. The zero-order valence-corrected chi connectivity index (χ0v) is 10.3. The van der Waals surface area contributed by atoms with Gasteiger partial charge in [-0.3, -0.25) is 9.59 Å². The maximum absolute atomic E-state index is 11.7. The Morgan fingerprint density at radius 3 is 3.12 bits per heavy atom. The lowest BCUT2D eigenvalue weighted by Gasteiger charge is -2.16. The summed E-state index contributed by atoms with van der Waals surface area (Å²) in [5, 5.41) is 2.77. The van der Waals surface area contributed by atoms with Crippen molar-refractivity contribution >= 4 is 22.9 Å². The molecule has 5 nitrogen and oxygen atoms in total. The Hall–Kier alpha value is -1.43. The van der Waals surface area contributed by atoms with Gasteiger partial charge in [0.05, 0.1) is 12.3 Å². The molecule has 1 saturated heterocycles. The van der Waals surface area contributed by atoms with Crippen LogP contribution in [0.15, 0.2) is 22.8 Å². The molecule has 2 amide bonds. The quantitative estimate of drug-likeness (QED) is 0.887. The largest absolute Gasteiger partial charge is 0.467 e. The predicted octanol–water partition coefficient (Wildman–Crippen LogP) is 1.63. The van der Waals surface area contributed by atoms with Crippen molar-refractivity contribution in [1.82, 2.24) is 10.2 Å². The third-order valence-electron chi connectivity index (χ3n) is 2.53. The first-order valence-electron chi connectivity index (χ1n) is 5.41. The summed E-state index contributed by atoms with van der Waals surface area (Å²) < 4.78 is 5.19. The second-order valence-electron chi connectivity index (χ2n) is 3.84. The van der Waals surface area contributed by atoms with Crippen LogP contribution in [0.25, 0.3) is 0 Å². The number of furan rings is 1. The molecule has 1 fully saturated rings. The van der Waals surface area contributed by atoms with Crippen LogP contribution in [0.3, 0.4) is 0 Å². The molecule has 1 N–H and O–H groups in total. The Bertz CT molecular complexity index is 405. The fourth-order valence-corrected chi connectivity index (χ4v) is 2.46. The number of carbonyl (C=O) groups excluding carboxylic acids is 2. The van der Waals surface area contributed by atoms with Gasteiger partial charge in [-0.1, -0.05) is 11.8 Å². The van der Waals surface area contributed by atoms with Gasteiger partial charge < -0.3 is 14.6 Å². The molecule has 0 bridgehead atoms. The average Bonchev–Trinajstić information content (AvgIpc) is 2.90. The number of carbonyl (C=O) groups is 2. The van der Waals surface area contributed by atoms with Gasteiger partial charge in [0, 0.05) is 12.3 Å². The van der Waals surface area contributed by atoms with Crippen LogP contribution in [-0.4, -0.2) is 34.9 Å². The molecule has 1 aliphatic rings. The van der Waals surface area contributed by atoms with Gasteiger partial charge in [0.25, 0.3) is 5.24 Å². The van der Waals surface area contributed by atoms with Crippen LogP contribution in [0.5, 0.6) is 0 Å². The molecule has 0 aliphatic carbocycles. The van der Waals surface area contributed by atoms with E-state index in [-0.39, 0.29) is 23.7 Å². The Kier molecular flexibility index (Phi) is 3.73. The van der Waals surface area contributed by atoms with Crippen molar-refractivity contribution in [3.8, 4) is 0 Å². The molecule has 0 saturated carbocycles. The van der Waals surface area contributed by atoms with Gasteiger partial charge in [0.1, 0.15) is 12.3 Å². The minimum Gasteiger partial charge on any atom is -0.467 e. The molecule has 92 valence electrons. The van der Waals surface area contributed by atoms with Gasteiger partial charge in [-0.05, 0) is 19.1 Å². The van der Waals surface area contributed by atoms with Crippen LogP contribution in [-0.2, 0) is 4.79 Å². The van der Waals surface area contributed by atoms with Crippen LogP contribution >= 0.6 is 11.8 Å². The first kappa shape index (κ1) is 12.0. The van der Waals surface area contributed by atoms with E-state index in [4.69, 9.17) is 4.42 Å². The van der Waals surface area contributed by atoms with E-state index in [1.54, 1.807) is 17.2 Å². The molecule has 2 rings (SSSR count). The Balaban J connectivity index is 1.83. The van der Waals surface area contributed by atoms with Crippen molar-refractivity contribution in [3.63, 3.8) is 0 Å². The number of amides is 2. The fraction of sp³-hybridized carbons (Fsp3) is 0.455. The van der Waals surface area contributed by atoms with E-state index in [1.807, 2.05) is 13.0 Å². The van der Waals surface area contributed by atoms with Crippen molar-refractivity contribution in [2.24, 2.45) is 0 Å². The minimum absolute atomic E-state index is 0.0224. The van der Waals surface area contributed by atoms with Crippen molar-refractivity contribution in [2.75, 3.05) is 18.8 Å². The summed E-state index contributed by atoms with van der Waals surface area (Å²) in [6.45, 7) is 2.61. The van der Waals surface area contributed by atoms with E-state index in [0.717, 1.165) is 5.75 Å². The molecule has 2 heterocycles. The Labute approximate surface area is 104 Å². The van der Waals surface area contributed by atoms with Gasteiger partial charge in [-0.2, -0.15) is 0 Å². The molecule has 0 spiro atoms. The van der Waals surface area contributed by atoms with E-state index >= 15 is 0 Å². The first-order valence-corrected chi connectivity index (χ1v) is 6.40. The lowest BCUT2D eigenvalue weighted by molar-refractivity contribution is -0.122. The normalized spacial score (nSPS) is 17.2. The van der Waals surface area contributed by atoms with E-state index in [2.05, 4.69) is 5.32 Å². The second-order valence-corrected chi connectivity index (χ2v) is 4.89. The average molecular weight is 254 g/mol. The highest BCUT2D eigenvalue weighted by atomic mass is 32.2. The summed E-state index contributed by atoms with van der Waals surface area (Å²) in [6.07, 6.45) is 1.57. The van der Waals surface area contributed by atoms with Crippen molar-refractivity contribution in [2.45, 2.75) is 13.0 Å². The summed E-state index contributed by atoms with van der Waals surface area (Å²) in [5.74, 6) is 1.31. The van der Waals surface area contributed by atoms with E-state index in [9.17, 15) is 9.59 Å². The molecular formula is C11H14N2O3S. The number of hydrogen-bond donors (Lipinski definition) is 1. The molecule has 0 aromatic carbocycles. The smallest absolute Gasteiger partial charge is 0.282 e. The maximum atomic E-state index is 11.7. The summed E-state index contributed by atoms with van der Waals surface area (Å²) in [5.41, 5.74) is 0. The monoisotopic (exact) mass is 254 g/mol. The zero-order valence-electron chi connectivity index (χ0n) is 9.51. The van der Waals surface area contributed by atoms with Crippen LogP contribution < -0.4 is 5.32 Å². The molecule has 6 heteroatoms. The SMILES string of the molecule is CC(NC(=O)CN1CCSC1=O)c1ccco1. The van der Waals surface area contributed by atoms with E-state index < -0.39 is 0 Å². The highest BCUT2D eigenvalue weighted by molar-refractivity contribution is 8.13. The summed E-state index contributed by atoms with van der Waals surface area (Å²) in [6, 6.07) is 3.41. The second kappa shape index (κ2) is 5.27. The van der Waals surface area contributed by atoms with Gasteiger partial charge in [-0.15, -0.1) is 0 Å². The van der Waals surface area contributed by atoms with Crippen LogP contribution in [0.1, 0.15) is 18.7 Å². The van der Waals surface area contributed by atoms with Crippen LogP contribution in [0.2, 0.25) is 0 Å². The third kappa shape index (κ3) is 3.03. The standard InChI is InChI=1S/C11H14N2O3S/c1-8(9-3-2-5-16-9)12-10(14)7-13-4-6-17-11(13)15/h2-3,5,8H,4,6-7H2,1H3,(H,12,14). The lowest BCUT2D eigenvalue weighted by atomic mass is 10.2. The van der Waals surface area contributed by atoms with Crippen LogP contribution in [0, 0.1) is 0 Å². The predicted molar refractivity (Wildman–Crippen MR) is 64.7 cm³/mol. The fourth-order valence-electron chi connectivity index (χ4n) is 1.64. The molecule has 1 unspecified atom stereocenters. The molecule has 1 aromatic rings. The summed E-state index contributed by atoms with van der Waals surface area (Å²) in [4.78, 5) is 24.6. The highest BCUT2D eigenvalue weighted by Crippen LogP contribution is 2.17. The van der Waals surface area contributed by atoms with E-state index in [1.165, 1.54) is 11.8 Å². The molecule has 1 aromatic heterocycles. The maximum Gasteiger partial charge on any atom is 0.282 e. The van der Waals surface area contributed by atoms with Gasteiger partial charge in [0.2, 0.25) is 5.91 Å². The van der Waals surface area contributed by atoms with E-state index in [0.29, 0.717) is 12.3 Å². The number of hydrogen-bond acceptors (Lipinski definition) is 4. The Morgan fingerprint density at radius 2 is 2.53 bits per heavy atom. The summed E-state index contributed by atoms with van der Waals surface area (Å²) >= 11 is 1.25. The molecular weight excluding hydrogens is 240 g/mol. The summed E-state index contributed by atoms with van der Waals surface area (Å²) in [7, 11) is 0. The number of nitrogens with zero attached hydrogens (tertiary/aromatic N) is 1. The van der Waals surface area contributed by atoms with Crippen molar-refractivity contribution < 1.29 is 14.0 Å². The molecule has 17 heavy (non-hydrogen) atoms. The van der Waals surface area contributed by atoms with Crippen molar-refractivity contribution in [3.05, 3.63) is 24.2 Å². The van der Waals surface area contributed by atoms with Crippen LogP contribution in [0.4, 0.5) is 4.79 Å². The Morgan fingerprint density at radius 1 is 1.71 bits per heavy atom. The molecule has 1 atom stereocenters. The number of rotatable bonds is 4. The number of thioether (sulfide) groups is 1. The van der Waals surface area contributed by atoms with Gasteiger partial charge >= 0.3 is 0 Å².